The number of hydrogen-bond acceptors (Lipinski definition) is 4. The summed E-state index contributed by atoms with van der Waals surface area (Å²) in [6.45, 7) is 0. The number of methoxy groups -OCH3 is 1. The summed E-state index contributed by atoms with van der Waals surface area (Å²) in [5, 5.41) is 3.18. The summed E-state index contributed by atoms with van der Waals surface area (Å²) >= 11 is 5.07. The topological polar surface area (TPSA) is 50.8 Å². The highest BCUT2D eigenvalue weighted by Crippen LogP contribution is 2.17. The molecule has 0 atom stereocenters. The van der Waals surface area contributed by atoms with Crippen LogP contribution in [0, 0.1) is 0 Å². The fourth-order valence-electron chi connectivity index (χ4n) is 1.74. The highest BCUT2D eigenvalue weighted by atomic mass is 32.1. The van der Waals surface area contributed by atoms with E-state index < -0.39 is 0 Å². The quantitative estimate of drug-likeness (QED) is 0.873. The van der Waals surface area contributed by atoms with Gasteiger partial charge in [0.1, 0.15) is 11.5 Å². The smallest absolute Gasteiger partial charge is 0.264 e. The number of ether oxygens (including phenoxy) is 2. The molecule has 5 nitrogen and oxygen atoms in total. The van der Waals surface area contributed by atoms with Gasteiger partial charge < -0.3 is 19.7 Å². The van der Waals surface area contributed by atoms with E-state index in [0.29, 0.717) is 22.2 Å². The molecule has 0 saturated heterocycles. The summed E-state index contributed by atoms with van der Waals surface area (Å²) in [7, 11) is 5.21. The Balaban J connectivity index is 2.00. The number of amides is 1. The predicted octanol–water partition coefficient (Wildman–Crippen LogP) is 3.17. The van der Waals surface area contributed by atoms with Crippen molar-refractivity contribution in [1.82, 2.24) is 4.90 Å². The van der Waals surface area contributed by atoms with E-state index >= 15 is 0 Å². The third kappa shape index (κ3) is 4.69. The molecule has 1 amide bonds. The molecule has 0 spiro atoms. The van der Waals surface area contributed by atoms with Gasteiger partial charge in [0.25, 0.3) is 11.1 Å². The van der Waals surface area contributed by atoms with Gasteiger partial charge in [-0.3, -0.25) is 4.79 Å². The van der Waals surface area contributed by atoms with Gasteiger partial charge in [-0.1, -0.05) is 0 Å². The molecule has 6 heteroatoms. The summed E-state index contributed by atoms with van der Waals surface area (Å²) in [5.41, 5.74) is 1.23. The van der Waals surface area contributed by atoms with Gasteiger partial charge in [-0.2, -0.15) is 0 Å². The van der Waals surface area contributed by atoms with E-state index in [2.05, 4.69) is 5.32 Å². The van der Waals surface area contributed by atoms with Crippen LogP contribution in [0.2, 0.25) is 0 Å². The standard InChI is InChI=1S/C17H18N2O3S/c1-19(2)17(23)22-15-8-4-12(5-9-15)16(20)18-13-6-10-14(21-3)11-7-13/h4-11H,1-3H3,(H,18,20). The molecule has 2 aromatic carbocycles. The normalized spacial score (nSPS) is 9.87. The third-order valence-electron chi connectivity index (χ3n) is 3.03. The number of nitrogens with one attached hydrogen (secondary N) is 1. The predicted molar refractivity (Wildman–Crippen MR) is 94.3 cm³/mol. The molecule has 0 aliphatic rings. The summed E-state index contributed by atoms with van der Waals surface area (Å²) in [4.78, 5) is 13.9. The summed E-state index contributed by atoms with van der Waals surface area (Å²) < 4.78 is 10.5. The zero-order chi connectivity index (χ0) is 16.8. The Labute approximate surface area is 140 Å². The lowest BCUT2D eigenvalue weighted by Crippen LogP contribution is -2.25. The van der Waals surface area contributed by atoms with Crippen molar-refractivity contribution in [2.24, 2.45) is 0 Å². The van der Waals surface area contributed by atoms with E-state index in [4.69, 9.17) is 21.7 Å². The molecular weight excluding hydrogens is 312 g/mol. The maximum atomic E-state index is 12.2. The Hall–Kier alpha value is -2.60. The summed E-state index contributed by atoms with van der Waals surface area (Å²) in [6.07, 6.45) is 0. The molecule has 2 rings (SSSR count). The third-order valence-corrected chi connectivity index (χ3v) is 3.48. The molecule has 0 bridgehead atoms. The van der Waals surface area contributed by atoms with E-state index in [1.807, 2.05) is 0 Å². The molecule has 0 unspecified atom stereocenters. The molecule has 0 aliphatic carbocycles. The number of thiocarbonyl (C=S) groups is 1. The molecule has 23 heavy (non-hydrogen) atoms. The number of benzene rings is 2. The molecule has 1 N–H and O–H groups in total. The monoisotopic (exact) mass is 330 g/mol. The number of carbonyl (C=O) groups is 1. The van der Waals surface area contributed by atoms with Crippen molar-refractivity contribution < 1.29 is 14.3 Å². The van der Waals surface area contributed by atoms with Gasteiger partial charge in [0.2, 0.25) is 0 Å². The van der Waals surface area contributed by atoms with Crippen LogP contribution < -0.4 is 14.8 Å². The summed E-state index contributed by atoms with van der Waals surface area (Å²) in [5.74, 6) is 1.13. The van der Waals surface area contributed by atoms with Gasteiger partial charge in [-0.15, -0.1) is 0 Å². The van der Waals surface area contributed by atoms with Crippen LogP contribution in [0.5, 0.6) is 11.5 Å². The van der Waals surface area contributed by atoms with Crippen LogP contribution in [0.25, 0.3) is 0 Å². The molecule has 2 aromatic rings. The van der Waals surface area contributed by atoms with Crippen molar-refractivity contribution in [3.8, 4) is 11.5 Å². The van der Waals surface area contributed by atoms with Gasteiger partial charge in [-0.25, -0.2) is 0 Å². The first-order valence-corrected chi connectivity index (χ1v) is 7.35. The van der Waals surface area contributed by atoms with Crippen molar-refractivity contribution in [1.29, 1.82) is 0 Å². The van der Waals surface area contributed by atoms with E-state index in [1.54, 1.807) is 74.6 Å². The fraction of sp³-hybridized carbons (Fsp3) is 0.176. The van der Waals surface area contributed by atoms with Crippen molar-refractivity contribution in [2.75, 3.05) is 26.5 Å². The molecule has 0 radical (unpaired) electrons. The van der Waals surface area contributed by atoms with Crippen LogP contribution in [0.4, 0.5) is 5.69 Å². The number of carbonyl (C=O) groups excluding carboxylic acids is 1. The second-order valence-electron chi connectivity index (χ2n) is 4.97. The van der Waals surface area contributed by atoms with Gasteiger partial charge >= 0.3 is 0 Å². The SMILES string of the molecule is COc1ccc(NC(=O)c2ccc(OC(=S)N(C)C)cc2)cc1. The molecule has 0 aliphatic heterocycles. The lowest BCUT2D eigenvalue weighted by atomic mass is 10.2. The average molecular weight is 330 g/mol. The second kappa shape index (κ2) is 7.60. The highest BCUT2D eigenvalue weighted by molar-refractivity contribution is 7.80. The molecule has 120 valence electrons. The lowest BCUT2D eigenvalue weighted by Gasteiger charge is -2.14. The first kappa shape index (κ1) is 16.8. The minimum atomic E-state index is -0.197. The number of hydrogen-bond donors (Lipinski definition) is 1. The number of rotatable bonds is 4. The zero-order valence-corrected chi connectivity index (χ0v) is 14.0. The van der Waals surface area contributed by atoms with Crippen molar-refractivity contribution in [2.45, 2.75) is 0 Å². The largest absolute Gasteiger partial charge is 0.497 e. The Kier molecular flexibility index (Phi) is 5.54. The first-order valence-electron chi connectivity index (χ1n) is 6.94. The minimum absolute atomic E-state index is 0.197. The zero-order valence-electron chi connectivity index (χ0n) is 13.2. The number of nitrogens with zero attached hydrogens (tertiary/aromatic N) is 1. The maximum Gasteiger partial charge on any atom is 0.264 e. The van der Waals surface area contributed by atoms with Gasteiger partial charge in [0.15, 0.2) is 0 Å². The van der Waals surface area contributed by atoms with Gasteiger partial charge in [0.05, 0.1) is 7.11 Å². The van der Waals surface area contributed by atoms with Crippen LogP contribution >= 0.6 is 12.2 Å². The fourth-order valence-corrected chi connectivity index (χ4v) is 1.84. The van der Waals surface area contributed by atoms with E-state index in [0.717, 1.165) is 5.75 Å². The van der Waals surface area contributed by atoms with E-state index in [9.17, 15) is 4.79 Å². The van der Waals surface area contributed by atoms with Crippen LogP contribution in [-0.2, 0) is 0 Å². The molecule has 0 heterocycles. The van der Waals surface area contributed by atoms with Crippen molar-refractivity contribution >= 4 is 29.0 Å². The summed E-state index contributed by atoms with van der Waals surface area (Å²) in [6, 6.07) is 13.9. The van der Waals surface area contributed by atoms with Crippen LogP contribution in [-0.4, -0.2) is 37.2 Å². The molecular formula is C17H18N2O3S. The maximum absolute atomic E-state index is 12.2. The highest BCUT2D eigenvalue weighted by Gasteiger charge is 2.08. The molecule has 0 saturated carbocycles. The number of anilines is 1. The lowest BCUT2D eigenvalue weighted by molar-refractivity contribution is 0.102. The molecule has 0 aromatic heterocycles. The van der Waals surface area contributed by atoms with E-state index in [1.165, 1.54) is 0 Å². The van der Waals surface area contributed by atoms with E-state index in [-0.39, 0.29) is 5.91 Å². The Morgan fingerprint density at radius 2 is 1.57 bits per heavy atom. The average Bonchev–Trinajstić information content (AvgIpc) is 2.56. The van der Waals surface area contributed by atoms with Crippen molar-refractivity contribution in [3.63, 3.8) is 0 Å². The Bertz CT molecular complexity index is 682. The second-order valence-corrected chi connectivity index (χ2v) is 5.32. The van der Waals surface area contributed by atoms with Crippen LogP contribution in [0.3, 0.4) is 0 Å². The minimum Gasteiger partial charge on any atom is -0.497 e. The van der Waals surface area contributed by atoms with Crippen LogP contribution in [0.1, 0.15) is 10.4 Å². The Morgan fingerprint density at radius 1 is 1.00 bits per heavy atom. The molecule has 0 fully saturated rings. The van der Waals surface area contributed by atoms with Crippen molar-refractivity contribution in [3.05, 3.63) is 54.1 Å². The van der Waals surface area contributed by atoms with Gasteiger partial charge in [-0.05, 0) is 60.7 Å². The van der Waals surface area contributed by atoms with Crippen LogP contribution in [0.15, 0.2) is 48.5 Å². The Morgan fingerprint density at radius 3 is 2.09 bits per heavy atom. The van der Waals surface area contributed by atoms with Gasteiger partial charge in [0, 0.05) is 25.3 Å². The first-order chi connectivity index (χ1) is 11.0.